The Kier molecular flexibility index (Phi) is 5.09. The van der Waals surface area contributed by atoms with Crippen LogP contribution in [0.5, 0.6) is 5.75 Å². The van der Waals surface area contributed by atoms with Crippen LogP contribution in [0.3, 0.4) is 0 Å². The SMILES string of the molecule is Fc1ccc(-c2cnc(/C(Cl)=C\c3ccc(OC(F)F)cc3)o2)cc1. The van der Waals surface area contributed by atoms with E-state index in [-0.39, 0.29) is 22.5 Å². The maximum Gasteiger partial charge on any atom is 0.387 e. The van der Waals surface area contributed by atoms with Crippen molar-refractivity contribution in [3.63, 3.8) is 0 Å². The van der Waals surface area contributed by atoms with E-state index in [4.69, 9.17) is 16.0 Å². The molecule has 0 unspecified atom stereocenters. The fourth-order valence-corrected chi connectivity index (χ4v) is 2.30. The number of oxazole rings is 1. The van der Waals surface area contributed by atoms with E-state index < -0.39 is 6.61 Å². The lowest BCUT2D eigenvalue weighted by molar-refractivity contribution is -0.0498. The Hall–Kier alpha value is -2.73. The van der Waals surface area contributed by atoms with Gasteiger partial charge in [-0.2, -0.15) is 8.78 Å². The van der Waals surface area contributed by atoms with Crippen LogP contribution in [0.4, 0.5) is 13.2 Å². The molecule has 128 valence electrons. The molecule has 7 heteroatoms. The lowest BCUT2D eigenvalue weighted by Crippen LogP contribution is -2.01. The minimum absolute atomic E-state index is 0.0537. The van der Waals surface area contributed by atoms with Crippen LogP contribution in [0, 0.1) is 5.82 Å². The molecule has 3 nitrogen and oxygen atoms in total. The van der Waals surface area contributed by atoms with Gasteiger partial charge in [-0.05, 0) is 48.0 Å². The van der Waals surface area contributed by atoms with Crippen molar-refractivity contribution in [2.45, 2.75) is 6.61 Å². The number of ether oxygens (including phenoxy) is 1. The highest BCUT2D eigenvalue weighted by Crippen LogP contribution is 2.27. The molecule has 0 spiro atoms. The molecule has 2 aromatic carbocycles. The van der Waals surface area contributed by atoms with Gasteiger partial charge >= 0.3 is 6.61 Å². The predicted molar refractivity (Wildman–Crippen MR) is 88.7 cm³/mol. The van der Waals surface area contributed by atoms with E-state index in [9.17, 15) is 13.2 Å². The number of halogens is 4. The molecule has 0 aliphatic heterocycles. The Balaban J connectivity index is 1.77. The van der Waals surface area contributed by atoms with Gasteiger partial charge < -0.3 is 9.15 Å². The number of hydrogen-bond acceptors (Lipinski definition) is 3. The molecule has 0 bridgehead atoms. The lowest BCUT2D eigenvalue weighted by Gasteiger charge is -2.04. The summed E-state index contributed by atoms with van der Waals surface area (Å²) in [5, 5.41) is 0.232. The number of aromatic nitrogens is 1. The molecule has 0 saturated carbocycles. The van der Waals surface area contributed by atoms with Crippen molar-refractivity contribution >= 4 is 22.7 Å². The van der Waals surface area contributed by atoms with Gasteiger partial charge in [0.05, 0.1) is 6.20 Å². The molecular formula is C18H11ClF3NO2. The molecule has 25 heavy (non-hydrogen) atoms. The summed E-state index contributed by atoms with van der Waals surface area (Å²) in [6.45, 7) is -2.87. The van der Waals surface area contributed by atoms with Crippen molar-refractivity contribution in [2.75, 3.05) is 0 Å². The van der Waals surface area contributed by atoms with Crippen molar-refractivity contribution in [3.8, 4) is 17.1 Å². The van der Waals surface area contributed by atoms with Crippen LogP contribution in [0.1, 0.15) is 11.5 Å². The first kappa shape index (κ1) is 17.1. The van der Waals surface area contributed by atoms with E-state index >= 15 is 0 Å². The minimum Gasteiger partial charge on any atom is -0.435 e. The van der Waals surface area contributed by atoms with E-state index in [2.05, 4.69) is 9.72 Å². The summed E-state index contributed by atoms with van der Waals surface area (Å²) in [6.07, 6.45) is 3.06. The summed E-state index contributed by atoms with van der Waals surface area (Å²) in [6, 6.07) is 11.7. The molecular weight excluding hydrogens is 355 g/mol. The smallest absolute Gasteiger partial charge is 0.387 e. The topological polar surface area (TPSA) is 35.3 Å². The summed E-state index contributed by atoms with van der Waals surface area (Å²) in [4.78, 5) is 4.08. The minimum atomic E-state index is -2.87. The van der Waals surface area contributed by atoms with E-state index in [1.54, 1.807) is 30.3 Å². The number of rotatable bonds is 5. The van der Waals surface area contributed by atoms with Crippen molar-refractivity contribution in [3.05, 3.63) is 72.0 Å². The zero-order valence-electron chi connectivity index (χ0n) is 12.6. The fourth-order valence-electron chi connectivity index (χ4n) is 2.09. The first-order valence-corrected chi connectivity index (χ1v) is 7.53. The summed E-state index contributed by atoms with van der Waals surface area (Å²) < 4.78 is 47.0. The fraction of sp³-hybridized carbons (Fsp3) is 0.0556. The third kappa shape index (κ3) is 4.42. The van der Waals surface area contributed by atoms with E-state index in [0.717, 1.165) is 0 Å². The average molecular weight is 366 g/mol. The lowest BCUT2D eigenvalue weighted by atomic mass is 10.2. The standard InChI is InChI=1S/C18H11ClF3NO2/c19-15(9-11-1-7-14(8-2-11)24-18(21)22)17-23-10-16(25-17)12-3-5-13(20)6-4-12/h1-10,18H/b15-9+. The molecule has 0 atom stereocenters. The first-order chi connectivity index (χ1) is 12.0. The molecule has 0 aliphatic carbocycles. The molecule has 1 heterocycles. The Morgan fingerprint density at radius 2 is 1.76 bits per heavy atom. The van der Waals surface area contributed by atoms with Gasteiger partial charge in [0.25, 0.3) is 0 Å². The first-order valence-electron chi connectivity index (χ1n) is 7.15. The second-order valence-electron chi connectivity index (χ2n) is 4.98. The van der Waals surface area contributed by atoms with Crippen molar-refractivity contribution in [1.29, 1.82) is 0 Å². The Morgan fingerprint density at radius 3 is 2.40 bits per heavy atom. The maximum atomic E-state index is 12.9. The molecule has 0 aliphatic rings. The number of hydrogen-bond donors (Lipinski definition) is 0. The van der Waals surface area contributed by atoms with Crippen LogP contribution in [0.2, 0.25) is 0 Å². The largest absolute Gasteiger partial charge is 0.435 e. The van der Waals surface area contributed by atoms with Gasteiger partial charge in [0.2, 0.25) is 5.89 Å². The van der Waals surface area contributed by atoms with E-state index in [1.807, 2.05) is 0 Å². The molecule has 0 N–H and O–H groups in total. The average Bonchev–Trinajstić information content (AvgIpc) is 3.07. The summed E-state index contributed by atoms with van der Waals surface area (Å²) in [7, 11) is 0. The third-order valence-corrected chi connectivity index (χ3v) is 3.51. The van der Waals surface area contributed by atoms with Gasteiger partial charge in [-0.1, -0.05) is 23.7 Å². The highest BCUT2D eigenvalue weighted by molar-refractivity contribution is 6.50. The quantitative estimate of drug-likeness (QED) is 0.571. The second kappa shape index (κ2) is 7.44. The van der Waals surface area contributed by atoms with Crippen molar-refractivity contribution < 1.29 is 22.3 Å². The predicted octanol–water partition coefficient (Wildman–Crippen LogP) is 5.82. The molecule has 0 saturated heterocycles. The van der Waals surface area contributed by atoms with Gasteiger partial charge in [-0.15, -0.1) is 0 Å². The molecule has 0 fully saturated rings. The van der Waals surface area contributed by atoms with Gasteiger partial charge in [-0.3, -0.25) is 0 Å². The summed E-state index contributed by atoms with van der Waals surface area (Å²) >= 11 is 6.18. The number of alkyl halides is 2. The van der Waals surface area contributed by atoms with Gasteiger partial charge in [0, 0.05) is 5.56 Å². The van der Waals surface area contributed by atoms with Crippen LogP contribution in [0.15, 0.2) is 59.1 Å². The number of benzene rings is 2. The monoisotopic (exact) mass is 365 g/mol. The zero-order valence-corrected chi connectivity index (χ0v) is 13.4. The third-order valence-electron chi connectivity index (χ3n) is 3.24. The van der Waals surface area contributed by atoms with Crippen LogP contribution in [-0.2, 0) is 0 Å². The van der Waals surface area contributed by atoms with Crippen LogP contribution >= 0.6 is 11.6 Å². The van der Waals surface area contributed by atoms with Crippen molar-refractivity contribution in [1.82, 2.24) is 4.98 Å². The van der Waals surface area contributed by atoms with Gasteiger partial charge in [0.15, 0.2) is 5.76 Å². The highest BCUT2D eigenvalue weighted by Gasteiger charge is 2.10. The Bertz CT molecular complexity index is 874. The highest BCUT2D eigenvalue weighted by atomic mass is 35.5. The Labute approximate surface area is 146 Å². The van der Waals surface area contributed by atoms with Crippen molar-refractivity contribution in [2.24, 2.45) is 0 Å². The molecule has 3 aromatic rings. The molecule has 0 radical (unpaired) electrons. The van der Waals surface area contributed by atoms with E-state index in [0.29, 0.717) is 16.9 Å². The molecule has 0 amide bonds. The van der Waals surface area contributed by atoms with Crippen LogP contribution in [-0.4, -0.2) is 11.6 Å². The normalized spacial score (nSPS) is 11.8. The number of nitrogens with zero attached hydrogens (tertiary/aromatic N) is 1. The Morgan fingerprint density at radius 1 is 1.08 bits per heavy atom. The molecule has 3 rings (SSSR count). The zero-order chi connectivity index (χ0) is 17.8. The summed E-state index contributed by atoms with van der Waals surface area (Å²) in [5.41, 5.74) is 1.33. The van der Waals surface area contributed by atoms with Gasteiger partial charge in [0.1, 0.15) is 16.6 Å². The second-order valence-corrected chi connectivity index (χ2v) is 5.38. The molecule has 1 aromatic heterocycles. The van der Waals surface area contributed by atoms with Crippen LogP contribution < -0.4 is 4.74 Å². The van der Waals surface area contributed by atoms with E-state index in [1.165, 1.54) is 30.5 Å². The summed E-state index contributed by atoms with van der Waals surface area (Å²) in [5.74, 6) is 0.342. The maximum absolute atomic E-state index is 12.9. The van der Waals surface area contributed by atoms with Crippen LogP contribution in [0.25, 0.3) is 22.4 Å². The van der Waals surface area contributed by atoms with Gasteiger partial charge in [-0.25, -0.2) is 9.37 Å².